The number of hydrogen-bond acceptors (Lipinski definition) is 1. The molecule has 1 aliphatic rings. The number of likely N-dealkylation sites (N-methyl/N-ethyl adjacent to an activating group) is 1. The van der Waals surface area contributed by atoms with Gasteiger partial charge in [0.1, 0.15) is 12.6 Å². The van der Waals surface area contributed by atoms with E-state index in [1.54, 1.807) is 0 Å². The lowest BCUT2D eigenvalue weighted by Crippen LogP contribution is -3.00. The van der Waals surface area contributed by atoms with Crippen LogP contribution in [-0.2, 0) is 4.74 Å². The Morgan fingerprint density at radius 1 is 0.515 bits per heavy atom. The monoisotopic (exact) mass is 487 g/mol. The fourth-order valence-electron chi connectivity index (χ4n) is 5.27. The Bertz CT molecular complexity index is 387. The second-order valence-electron chi connectivity index (χ2n) is 11.3. The molecular weight excluding hydrogens is 426 g/mol. The van der Waals surface area contributed by atoms with Crippen molar-refractivity contribution in [2.24, 2.45) is 0 Å². The van der Waals surface area contributed by atoms with Crippen LogP contribution in [0.3, 0.4) is 0 Å². The van der Waals surface area contributed by atoms with E-state index in [4.69, 9.17) is 4.74 Å². The smallest absolute Gasteiger partial charge is 0.130 e. The summed E-state index contributed by atoms with van der Waals surface area (Å²) in [5.41, 5.74) is 0. The van der Waals surface area contributed by atoms with Crippen molar-refractivity contribution in [2.45, 2.75) is 161 Å². The van der Waals surface area contributed by atoms with Crippen LogP contribution in [0.5, 0.6) is 0 Å². The Morgan fingerprint density at radius 3 is 1.06 bits per heavy atom. The molecule has 1 saturated heterocycles. The van der Waals surface area contributed by atoms with Gasteiger partial charge in [-0.15, -0.1) is 0 Å². The number of halogens is 1. The van der Waals surface area contributed by atoms with Crippen LogP contribution in [-0.4, -0.2) is 43.9 Å². The Kier molecular flexibility index (Phi) is 24.1. The van der Waals surface area contributed by atoms with Gasteiger partial charge in [-0.3, -0.25) is 0 Å². The van der Waals surface area contributed by atoms with Crippen LogP contribution in [0.4, 0.5) is 0 Å². The van der Waals surface area contributed by atoms with Crippen molar-refractivity contribution in [1.29, 1.82) is 0 Å². The molecule has 0 aromatic heterocycles. The van der Waals surface area contributed by atoms with Gasteiger partial charge in [-0.05, 0) is 25.7 Å². The van der Waals surface area contributed by atoms with E-state index in [2.05, 4.69) is 20.9 Å². The Balaban J connectivity index is 0.0000102. The summed E-state index contributed by atoms with van der Waals surface area (Å²) in [4.78, 5) is 0. The fraction of sp³-hybridized carbons (Fsp3) is 1.00. The molecule has 0 aliphatic carbocycles. The van der Waals surface area contributed by atoms with Crippen LogP contribution in [0, 0.1) is 0 Å². The molecule has 1 fully saturated rings. The van der Waals surface area contributed by atoms with Crippen LogP contribution in [0.2, 0.25) is 0 Å². The standard InChI is InChI=1S/C30H62NO.ClH/c1-4-6-8-10-12-14-16-17-19-21-23-25-27-31(3,28-30-29-32-30)26-24-22-20-18-15-13-11-9-7-5-2;/h30H,4-29H2,1-3H3;1H/q+1;/p-1. The molecule has 3 heteroatoms. The van der Waals surface area contributed by atoms with Gasteiger partial charge >= 0.3 is 0 Å². The Labute approximate surface area is 216 Å². The summed E-state index contributed by atoms with van der Waals surface area (Å²) in [7, 11) is 2.51. The maximum atomic E-state index is 5.60. The molecule has 200 valence electrons. The second kappa shape index (κ2) is 23.9. The summed E-state index contributed by atoms with van der Waals surface area (Å²) in [5.74, 6) is 0. The van der Waals surface area contributed by atoms with Crippen molar-refractivity contribution in [3.8, 4) is 0 Å². The number of ether oxygens (including phenoxy) is 1. The first-order chi connectivity index (χ1) is 15.7. The predicted molar refractivity (Wildman–Crippen MR) is 143 cm³/mol. The molecule has 0 aromatic carbocycles. The van der Waals surface area contributed by atoms with Gasteiger partial charge in [0.15, 0.2) is 0 Å². The van der Waals surface area contributed by atoms with E-state index in [1.165, 1.54) is 165 Å². The predicted octanol–water partition coefficient (Wildman–Crippen LogP) is 6.46. The lowest BCUT2D eigenvalue weighted by Gasteiger charge is -2.34. The second-order valence-corrected chi connectivity index (χ2v) is 11.3. The summed E-state index contributed by atoms with van der Waals surface area (Å²) >= 11 is 0. The average molecular weight is 488 g/mol. The topological polar surface area (TPSA) is 12.5 Å². The van der Waals surface area contributed by atoms with Crippen LogP contribution in [0.25, 0.3) is 0 Å². The first-order valence-electron chi connectivity index (χ1n) is 15.2. The van der Waals surface area contributed by atoms with Gasteiger partial charge in [-0.25, -0.2) is 0 Å². The van der Waals surface area contributed by atoms with Crippen molar-refractivity contribution in [2.75, 3.05) is 33.3 Å². The van der Waals surface area contributed by atoms with Crippen molar-refractivity contribution >= 4 is 0 Å². The zero-order chi connectivity index (χ0) is 23.2. The van der Waals surface area contributed by atoms with Crippen molar-refractivity contribution in [3.63, 3.8) is 0 Å². The minimum Gasteiger partial charge on any atom is -1.00 e. The maximum Gasteiger partial charge on any atom is 0.130 e. The van der Waals surface area contributed by atoms with Crippen LogP contribution in [0.15, 0.2) is 0 Å². The lowest BCUT2D eigenvalue weighted by molar-refractivity contribution is -0.910. The van der Waals surface area contributed by atoms with Crippen LogP contribution >= 0.6 is 0 Å². The molecule has 33 heavy (non-hydrogen) atoms. The minimum atomic E-state index is 0. The number of hydrogen-bond donors (Lipinski definition) is 0. The largest absolute Gasteiger partial charge is 1.00 e. The van der Waals surface area contributed by atoms with Gasteiger partial charge in [0.05, 0.1) is 26.7 Å². The molecule has 0 spiro atoms. The van der Waals surface area contributed by atoms with Crippen molar-refractivity contribution < 1.29 is 21.6 Å². The lowest BCUT2D eigenvalue weighted by atomic mass is 10.0. The third-order valence-corrected chi connectivity index (χ3v) is 7.65. The summed E-state index contributed by atoms with van der Waals surface area (Å²) in [6.45, 7) is 9.63. The molecule has 0 radical (unpaired) electrons. The first kappa shape index (κ1) is 33.2. The van der Waals surface area contributed by atoms with Crippen LogP contribution < -0.4 is 12.4 Å². The SMILES string of the molecule is CCCCCCCCCCCCCC[N+](C)(CCCCCCCCCCCC)CC1CO1.[Cl-]. The average Bonchev–Trinajstić information content (AvgIpc) is 3.59. The molecule has 1 aliphatic heterocycles. The molecule has 0 bridgehead atoms. The zero-order valence-electron chi connectivity index (χ0n) is 23.2. The maximum absolute atomic E-state index is 5.60. The fourth-order valence-corrected chi connectivity index (χ4v) is 5.27. The number of rotatable bonds is 26. The molecule has 1 heterocycles. The van der Waals surface area contributed by atoms with E-state index in [9.17, 15) is 0 Å². The van der Waals surface area contributed by atoms with E-state index < -0.39 is 0 Å². The highest BCUT2D eigenvalue weighted by molar-refractivity contribution is 4.68. The number of nitrogens with zero attached hydrogens (tertiary/aromatic N) is 1. The van der Waals surface area contributed by atoms with Gasteiger partial charge in [0, 0.05) is 0 Å². The third kappa shape index (κ3) is 22.4. The van der Waals surface area contributed by atoms with Gasteiger partial charge in [0.25, 0.3) is 0 Å². The molecule has 2 unspecified atom stereocenters. The Morgan fingerprint density at radius 2 is 0.788 bits per heavy atom. The summed E-state index contributed by atoms with van der Waals surface area (Å²) in [5, 5.41) is 0. The Hall–Kier alpha value is 0.210. The van der Waals surface area contributed by atoms with E-state index in [0.717, 1.165) is 6.61 Å². The molecule has 1 rings (SSSR count). The van der Waals surface area contributed by atoms with E-state index in [0.29, 0.717) is 6.10 Å². The highest BCUT2D eigenvalue weighted by Gasteiger charge is 2.33. The summed E-state index contributed by atoms with van der Waals surface area (Å²) in [6.07, 6.45) is 32.3. The zero-order valence-corrected chi connectivity index (χ0v) is 24.0. The van der Waals surface area contributed by atoms with Gasteiger partial charge in [-0.1, -0.05) is 129 Å². The highest BCUT2D eigenvalue weighted by Crippen LogP contribution is 2.20. The van der Waals surface area contributed by atoms with E-state index >= 15 is 0 Å². The van der Waals surface area contributed by atoms with Gasteiger partial charge < -0.3 is 21.6 Å². The number of epoxide rings is 1. The molecule has 2 nitrogen and oxygen atoms in total. The number of unbranched alkanes of at least 4 members (excludes halogenated alkanes) is 20. The van der Waals surface area contributed by atoms with Gasteiger partial charge in [0.2, 0.25) is 0 Å². The van der Waals surface area contributed by atoms with E-state index in [1.807, 2.05) is 0 Å². The summed E-state index contributed by atoms with van der Waals surface area (Å²) in [6, 6.07) is 0. The molecule has 0 amide bonds. The van der Waals surface area contributed by atoms with Crippen molar-refractivity contribution in [3.05, 3.63) is 0 Å². The summed E-state index contributed by atoms with van der Waals surface area (Å²) < 4.78 is 6.86. The molecular formula is C30H62ClNO. The molecule has 0 aromatic rings. The van der Waals surface area contributed by atoms with E-state index in [-0.39, 0.29) is 12.4 Å². The minimum absolute atomic E-state index is 0. The molecule has 2 atom stereocenters. The van der Waals surface area contributed by atoms with Crippen LogP contribution in [0.1, 0.15) is 155 Å². The van der Waals surface area contributed by atoms with Gasteiger partial charge in [-0.2, -0.15) is 0 Å². The first-order valence-corrected chi connectivity index (χ1v) is 15.2. The molecule has 0 saturated carbocycles. The third-order valence-electron chi connectivity index (χ3n) is 7.65. The highest BCUT2D eigenvalue weighted by atomic mass is 35.5. The number of quaternary nitrogens is 1. The normalized spacial score (nSPS) is 17.0. The van der Waals surface area contributed by atoms with Crippen molar-refractivity contribution in [1.82, 2.24) is 0 Å². The quantitative estimate of drug-likeness (QED) is 0.0774. The molecule has 0 N–H and O–H groups in total.